The summed E-state index contributed by atoms with van der Waals surface area (Å²) >= 11 is 7.49. The first-order valence-corrected chi connectivity index (χ1v) is 8.75. The van der Waals surface area contributed by atoms with Crippen LogP contribution in [0.4, 0.5) is 0 Å². The number of aryl methyl sites for hydroxylation is 2. The molecule has 3 aromatic rings. The zero-order valence-corrected chi connectivity index (χ0v) is 14.9. The lowest BCUT2D eigenvalue weighted by atomic mass is 10.1. The van der Waals surface area contributed by atoms with E-state index in [1.165, 1.54) is 20.5 Å². The normalized spacial score (nSPS) is 11.3. The zero-order chi connectivity index (χ0) is 17.4. The fraction of sp³-hybridized carbons (Fsp3) is 0.294. The maximum Gasteiger partial charge on any atom is 0.331 e. The van der Waals surface area contributed by atoms with E-state index in [2.05, 4.69) is 0 Å². The standard InChI is InChI=1S/C17H17ClN2O3S/c1-10-13-15(22)20(7-4-8-21)17(23)19(2)16(13)24-14(10)11-5-3-6-12(18)9-11/h3,5-6,9,21H,4,7-8H2,1-2H3. The topological polar surface area (TPSA) is 64.2 Å². The minimum Gasteiger partial charge on any atom is -0.396 e. The monoisotopic (exact) mass is 364 g/mol. The molecule has 1 N–H and O–H groups in total. The van der Waals surface area contributed by atoms with Crippen molar-refractivity contribution in [2.75, 3.05) is 6.61 Å². The highest BCUT2D eigenvalue weighted by molar-refractivity contribution is 7.22. The number of halogens is 1. The van der Waals surface area contributed by atoms with Crippen LogP contribution in [-0.2, 0) is 13.6 Å². The average molecular weight is 365 g/mol. The molecule has 0 saturated heterocycles. The number of hydrogen-bond donors (Lipinski definition) is 1. The third kappa shape index (κ3) is 2.70. The number of hydrogen-bond acceptors (Lipinski definition) is 4. The Balaban J connectivity index is 2.33. The van der Waals surface area contributed by atoms with Crippen LogP contribution in [0, 0.1) is 6.92 Å². The van der Waals surface area contributed by atoms with Crippen molar-refractivity contribution in [3.8, 4) is 10.4 Å². The first-order chi connectivity index (χ1) is 11.5. The van der Waals surface area contributed by atoms with Gasteiger partial charge in [0.05, 0.1) is 5.39 Å². The fourth-order valence-electron chi connectivity index (χ4n) is 2.81. The molecule has 0 amide bonds. The zero-order valence-electron chi connectivity index (χ0n) is 13.4. The summed E-state index contributed by atoms with van der Waals surface area (Å²) in [6, 6.07) is 7.44. The van der Waals surface area contributed by atoms with Gasteiger partial charge < -0.3 is 5.11 Å². The van der Waals surface area contributed by atoms with Crippen LogP contribution in [0.25, 0.3) is 20.7 Å². The van der Waals surface area contributed by atoms with E-state index in [1.807, 2.05) is 25.1 Å². The number of aliphatic hydroxyl groups is 1. The van der Waals surface area contributed by atoms with Crippen LogP contribution in [0.1, 0.15) is 12.0 Å². The number of nitrogens with zero attached hydrogens (tertiary/aromatic N) is 2. The second-order valence-electron chi connectivity index (χ2n) is 5.62. The maximum atomic E-state index is 12.8. The molecule has 3 rings (SSSR count). The highest BCUT2D eigenvalue weighted by atomic mass is 35.5. The van der Waals surface area contributed by atoms with E-state index in [4.69, 9.17) is 16.7 Å². The van der Waals surface area contributed by atoms with Gasteiger partial charge in [0.25, 0.3) is 5.56 Å². The van der Waals surface area contributed by atoms with E-state index >= 15 is 0 Å². The van der Waals surface area contributed by atoms with Crippen LogP contribution >= 0.6 is 22.9 Å². The van der Waals surface area contributed by atoms with Crippen LogP contribution in [0.15, 0.2) is 33.9 Å². The van der Waals surface area contributed by atoms with Gasteiger partial charge in [0.1, 0.15) is 4.83 Å². The Morgan fingerprint density at radius 2 is 2.04 bits per heavy atom. The molecule has 0 fully saturated rings. The Morgan fingerprint density at radius 1 is 1.29 bits per heavy atom. The number of fused-ring (bicyclic) bond motifs is 1. The third-order valence-corrected chi connectivity index (χ3v) is 5.69. The number of rotatable bonds is 4. The number of aliphatic hydroxyl groups excluding tert-OH is 1. The number of thiophene rings is 1. The first kappa shape index (κ1) is 17.0. The molecule has 0 aliphatic carbocycles. The van der Waals surface area contributed by atoms with Gasteiger partial charge in [0.15, 0.2) is 0 Å². The summed E-state index contributed by atoms with van der Waals surface area (Å²) in [4.78, 5) is 26.8. The predicted molar refractivity (Wildman–Crippen MR) is 98.2 cm³/mol. The molecule has 0 bridgehead atoms. The summed E-state index contributed by atoms with van der Waals surface area (Å²) in [7, 11) is 1.66. The van der Waals surface area contributed by atoms with Crippen LogP contribution in [0.2, 0.25) is 5.02 Å². The number of benzene rings is 1. The van der Waals surface area contributed by atoms with Gasteiger partial charge in [-0.05, 0) is 36.6 Å². The van der Waals surface area contributed by atoms with Crippen molar-refractivity contribution in [3.63, 3.8) is 0 Å². The maximum absolute atomic E-state index is 12.8. The summed E-state index contributed by atoms with van der Waals surface area (Å²) in [5.41, 5.74) is 1.11. The van der Waals surface area contributed by atoms with Gasteiger partial charge >= 0.3 is 5.69 Å². The molecule has 5 nitrogen and oxygen atoms in total. The Bertz CT molecular complexity index is 1030. The van der Waals surface area contributed by atoms with Crippen molar-refractivity contribution in [1.82, 2.24) is 9.13 Å². The lowest BCUT2D eigenvalue weighted by molar-refractivity contribution is 0.277. The van der Waals surface area contributed by atoms with Gasteiger partial charge in [-0.15, -0.1) is 11.3 Å². The van der Waals surface area contributed by atoms with Crippen LogP contribution in [0.3, 0.4) is 0 Å². The SMILES string of the molecule is Cc1c(-c2cccc(Cl)c2)sc2c1c(=O)n(CCCO)c(=O)n2C. The van der Waals surface area contributed by atoms with Crippen LogP contribution < -0.4 is 11.2 Å². The highest BCUT2D eigenvalue weighted by Crippen LogP contribution is 2.36. The average Bonchev–Trinajstić information content (AvgIpc) is 2.90. The van der Waals surface area contributed by atoms with E-state index < -0.39 is 0 Å². The molecule has 0 aliphatic heterocycles. The van der Waals surface area contributed by atoms with E-state index in [9.17, 15) is 9.59 Å². The van der Waals surface area contributed by atoms with E-state index in [0.29, 0.717) is 21.7 Å². The van der Waals surface area contributed by atoms with Gasteiger partial charge in [0.2, 0.25) is 0 Å². The fourth-order valence-corrected chi connectivity index (χ4v) is 4.25. The van der Waals surface area contributed by atoms with Crippen LogP contribution in [0.5, 0.6) is 0 Å². The van der Waals surface area contributed by atoms with Crippen molar-refractivity contribution in [2.45, 2.75) is 19.9 Å². The quantitative estimate of drug-likeness (QED) is 0.774. The third-order valence-electron chi connectivity index (χ3n) is 4.04. The summed E-state index contributed by atoms with van der Waals surface area (Å²) < 4.78 is 2.69. The Morgan fingerprint density at radius 3 is 2.71 bits per heavy atom. The molecule has 2 heterocycles. The molecule has 0 unspecified atom stereocenters. The van der Waals surface area contributed by atoms with Crippen molar-refractivity contribution >= 4 is 33.2 Å². The minimum atomic E-state index is -0.361. The first-order valence-electron chi connectivity index (χ1n) is 7.55. The molecular weight excluding hydrogens is 348 g/mol. The lowest BCUT2D eigenvalue weighted by Crippen LogP contribution is -2.39. The smallest absolute Gasteiger partial charge is 0.331 e. The second-order valence-corrected chi connectivity index (χ2v) is 7.06. The molecule has 0 spiro atoms. The summed E-state index contributed by atoms with van der Waals surface area (Å²) in [5, 5.41) is 10.2. The molecular formula is C17H17ClN2O3S. The largest absolute Gasteiger partial charge is 0.396 e. The molecule has 0 atom stereocenters. The Hall–Kier alpha value is -1.89. The van der Waals surface area contributed by atoms with E-state index in [1.54, 1.807) is 13.1 Å². The molecule has 0 saturated carbocycles. The molecule has 0 aliphatic rings. The second kappa shape index (κ2) is 6.55. The van der Waals surface area contributed by atoms with Crippen molar-refractivity contribution in [2.24, 2.45) is 7.05 Å². The van der Waals surface area contributed by atoms with E-state index in [-0.39, 0.29) is 24.4 Å². The van der Waals surface area contributed by atoms with Gasteiger partial charge in [-0.3, -0.25) is 13.9 Å². The van der Waals surface area contributed by atoms with Gasteiger partial charge in [-0.2, -0.15) is 0 Å². The summed E-state index contributed by atoms with van der Waals surface area (Å²) in [5.74, 6) is 0. The minimum absolute atomic E-state index is 0.0655. The molecule has 1 aromatic carbocycles. The van der Waals surface area contributed by atoms with Gasteiger partial charge in [0, 0.05) is 30.1 Å². The molecule has 0 radical (unpaired) electrons. The molecule has 7 heteroatoms. The van der Waals surface area contributed by atoms with E-state index in [0.717, 1.165) is 16.0 Å². The van der Waals surface area contributed by atoms with Crippen LogP contribution in [-0.4, -0.2) is 20.8 Å². The van der Waals surface area contributed by atoms with Crippen molar-refractivity contribution in [3.05, 3.63) is 55.7 Å². The van der Waals surface area contributed by atoms with Gasteiger partial charge in [-0.1, -0.05) is 23.7 Å². The molecule has 24 heavy (non-hydrogen) atoms. The predicted octanol–water partition coefficient (Wildman–Crippen LogP) is 2.77. The van der Waals surface area contributed by atoms with Crippen molar-refractivity contribution in [1.29, 1.82) is 0 Å². The number of aromatic nitrogens is 2. The Labute approximate surface area is 147 Å². The van der Waals surface area contributed by atoms with Crippen molar-refractivity contribution < 1.29 is 5.11 Å². The molecule has 2 aromatic heterocycles. The Kier molecular flexibility index (Phi) is 4.62. The lowest BCUT2D eigenvalue weighted by Gasteiger charge is -2.07. The summed E-state index contributed by atoms with van der Waals surface area (Å²) in [6.07, 6.45) is 0.366. The highest BCUT2D eigenvalue weighted by Gasteiger charge is 2.19. The molecule has 126 valence electrons. The van der Waals surface area contributed by atoms with Gasteiger partial charge in [-0.25, -0.2) is 4.79 Å². The summed E-state index contributed by atoms with van der Waals surface area (Å²) in [6.45, 7) is 2.03.